The average molecular weight is 286 g/mol. The van der Waals surface area contributed by atoms with Crippen LogP contribution in [0, 0.1) is 10.1 Å². The molecule has 0 radical (unpaired) electrons. The van der Waals surface area contributed by atoms with Crippen molar-refractivity contribution in [1.29, 1.82) is 0 Å². The highest BCUT2D eigenvalue weighted by molar-refractivity contribution is 6.00. The molecule has 0 heterocycles. The van der Waals surface area contributed by atoms with Gasteiger partial charge in [-0.05, 0) is 23.8 Å². The zero-order chi connectivity index (χ0) is 15.2. The molecule has 0 atom stereocenters. The van der Waals surface area contributed by atoms with Crippen molar-refractivity contribution >= 4 is 23.1 Å². The van der Waals surface area contributed by atoms with E-state index in [1.165, 1.54) is 24.3 Å². The summed E-state index contributed by atoms with van der Waals surface area (Å²) in [5, 5.41) is 15.8. The zero-order valence-corrected chi connectivity index (χ0v) is 11.1. The molecule has 0 fully saturated rings. The minimum atomic E-state index is -0.499. The molecular weight excluding hydrogens is 272 g/mol. The molecule has 4 N–H and O–H groups in total. The lowest BCUT2D eigenvalue weighted by Crippen LogP contribution is -2.20. The lowest BCUT2D eigenvalue weighted by Gasteiger charge is -2.10. The molecule has 2 aromatic carbocycles. The first-order valence-electron chi connectivity index (χ1n) is 6.20. The van der Waals surface area contributed by atoms with Gasteiger partial charge in [-0.15, -0.1) is 0 Å². The summed E-state index contributed by atoms with van der Waals surface area (Å²) in [6, 6.07) is 12.3. The van der Waals surface area contributed by atoms with Gasteiger partial charge in [-0.2, -0.15) is 0 Å². The number of anilines is 2. The SMILES string of the molecule is NCc1ccccc1NC(=O)Nc1ccc([N+](=O)[O-])cc1. The van der Waals surface area contributed by atoms with Crippen LogP contribution in [0.1, 0.15) is 5.56 Å². The number of urea groups is 1. The van der Waals surface area contributed by atoms with E-state index in [-0.39, 0.29) is 5.69 Å². The number of non-ortho nitro benzene ring substituents is 1. The van der Waals surface area contributed by atoms with Crippen molar-refractivity contribution in [3.63, 3.8) is 0 Å². The number of nitro benzene ring substituents is 1. The number of hydrogen-bond donors (Lipinski definition) is 3. The minimum Gasteiger partial charge on any atom is -0.326 e. The molecule has 0 aliphatic carbocycles. The average Bonchev–Trinajstić information content (AvgIpc) is 2.48. The first-order valence-corrected chi connectivity index (χ1v) is 6.20. The van der Waals surface area contributed by atoms with Crippen LogP contribution < -0.4 is 16.4 Å². The Bertz CT molecular complexity index is 656. The van der Waals surface area contributed by atoms with Crippen LogP contribution in [-0.4, -0.2) is 11.0 Å². The van der Waals surface area contributed by atoms with Gasteiger partial charge < -0.3 is 16.4 Å². The third kappa shape index (κ3) is 3.77. The quantitative estimate of drug-likeness (QED) is 0.592. The molecule has 2 aromatic rings. The predicted molar refractivity (Wildman–Crippen MR) is 80.1 cm³/mol. The number of carbonyl (C=O) groups excluding carboxylic acids is 1. The summed E-state index contributed by atoms with van der Waals surface area (Å²) in [6.45, 7) is 0.313. The van der Waals surface area contributed by atoms with E-state index in [1.807, 2.05) is 12.1 Å². The van der Waals surface area contributed by atoms with Crippen molar-refractivity contribution in [1.82, 2.24) is 0 Å². The first kappa shape index (κ1) is 14.5. The Balaban J connectivity index is 2.03. The third-order valence-electron chi connectivity index (χ3n) is 2.82. The second kappa shape index (κ2) is 6.49. The summed E-state index contributed by atoms with van der Waals surface area (Å²) in [7, 11) is 0. The molecule has 0 spiro atoms. The molecule has 0 aromatic heterocycles. The van der Waals surface area contributed by atoms with Gasteiger partial charge in [-0.25, -0.2) is 4.79 Å². The monoisotopic (exact) mass is 286 g/mol. The van der Waals surface area contributed by atoms with E-state index in [2.05, 4.69) is 10.6 Å². The van der Waals surface area contributed by atoms with E-state index < -0.39 is 11.0 Å². The van der Waals surface area contributed by atoms with Crippen molar-refractivity contribution < 1.29 is 9.72 Å². The van der Waals surface area contributed by atoms with Gasteiger partial charge in [0.15, 0.2) is 0 Å². The number of nitrogens with one attached hydrogen (secondary N) is 2. The van der Waals surface area contributed by atoms with Gasteiger partial charge in [0.1, 0.15) is 0 Å². The standard InChI is InChI=1S/C14H14N4O3/c15-9-10-3-1-2-4-13(10)17-14(19)16-11-5-7-12(8-6-11)18(20)21/h1-8H,9,15H2,(H2,16,17,19). The molecule has 0 bridgehead atoms. The van der Waals surface area contributed by atoms with Crippen LogP contribution >= 0.6 is 0 Å². The van der Waals surface area contributed by atoms with Gasteiger partial charge in [0.2, 0.25) is 0 Å². The molecule has 7 heteroatoms. The lowest BCUT2D eigenvalue weighted by molar-refractivity contribution is -0.384. The fraction of sp³-hybridized carbons (Fsp3) is 0.0714. The van der Waals surface area contributed by atoms with Crippen LogP contribution in [0.3, 0.4) is 0 Å². The minimum absolute atomic E-state index is 0.0329. The molecule has 7 nitrogen and oxygen atoms in total. The van der Waals surface area contributed by atoms with Crippen molar-refractivity contribution in [2.24, 2.45) is 5.73 Å². The largest absolute Gasteiger partial charge is 0.326 e. The molecular formula is C14H14N4O3. The number of para-hydroxylation sites is 1. The Morgan fingerprint density at radius 2 is 1.76 bits per heavy atom. The highest BCUT2D eigenvalue weighted by Crippen LogP contribution is 2.17. The summed E-state index contributed by atoms with van der Waals surface area (Å²) >= 11 is 0. The molecule has 0 aliphatic heterocycles. The summed E-state index contributed by atoms with van der Waals surface area (Å²) in [5.74, 6) is 0. The topological polar surface area (TPSA) is 110 Å². The van der Waals surface area contributed by atoms with E-state index >= 15 is 0 Å². The number of nitrogens with zero attached hydrogens (tertiary/aromatic N) is 1. The summed E-state index contributed by atoms with van der Waals surface area (Å²) < 4.78 is 0. The van der Waals surface area contributed by atoms with Crippen molar-refractivity contribution in [3.05, 3.63) is 64.2 Å². The maximum atomic E-state index is 11.9. The van der Waals surface area contributed by atoms with Crippen molar-refractivity contribution in [2.45, 2.75) is 6.54 Å². The Hall–Kier alpha value is -2.93. The third-order valence-corrected chi connectivity index (χ3v) is 2.82. The number of nitro groups is 1. The molecule has 21 heavy (non-hydrogen) atoms. The van der Waals surface area contributed by atoms with Gasteiger partial charge in [0.05, 0.1) is 4.92 Å². The zero-order valence-electron chi connectivity index (χ0n) is 11.1. The van der Waals surface area contributed by atoms with E-state index in [0.29, 0.717) is 17.9 Å². The smallest absolute Gasteiger partial charge is 0.323 e. The van der Waals surface area contributed by atoms with Crippen molar-refractivity contribution in [2.75, 3.05) is 10.6 Å². The summed E-state index contributed by atoms with van der Waals surface area (Å²) in [6.07, 6.45) is 0. The van der Waals surface area contributed by atoms with E-state index in [1.54, 1.807) is 12.1 Å². The lowest BCUT2D eigenvalue weighted by atomic mass is 10.2. The fourth-order valence-electron chi connectivity index (χ4n) is 1.77. The number of nitrogens with two attached hydrogens (primary N) is 1. The molecule has 0 aliphatic rings. The number of benzene rings is 2. The molecule has 0 saturated heterocycles. The predicted octanol–water partition coefficient (Wildman–Crippen LogP) is 2.70. The number of carbonyl (C=O) groups is 1. The number of hydrogen-bond acceptors (Lipinski definition) is 4. The van der Waals surface area contributed by atoms with Crippen LogP contribution in [0.2, 0.25) is 0 Å². The Morgan fingerprint density at radius 1 is 1.10 bits per heavy atom. The van der Waals surface area contributed by atoms with Gasteiger partial charge in [0, 0.05) is 30.1 Å². The van der Waals surface area contributed by atoms with E-state index in [4.69, 9.17) is 5.73 Å². The molecule has 0 unspecified atom stereocenters. The highest BCUT2D eigenvalue weighted by atomic mass is 16.6. The maximum absolute atomic E-state index is 11.9. The Kier molecular flexibility index (Phi) is 4.47. The maximum Gasteiger partial charge on any atom is 0.323 e. The second-order valence-electron chi connectivity index (χ2n) is 4.24. The fourth-order valence-corrected chi connectivity index (χ4v) is 1.77. The first-order chi connectivity index (χ1) is 10.1. The molecule has 2 rings (SSSR count). The summed E-state index contributed by atoms with van der Waals surface area (Å²) in [5.41, 5.74) is 7.46. The highest BCUT2D eigenvalue weighted by Gasteiger charge is 2.08. The van der Waals surface area contributed by atoms with E-state index in [9.17, 15) is 14.9 Å². The Morgan fingerprint density at radius 3 is 2.38 bits per heavy atom. The van der Waals surface area contributed by atoms with Gasteiger partial charge in [-0.1, -0.05) is 18.2 Å². The normalized spacial score (nSPS) is 9.95. The van der Waals surface area contributed by atoms with Gasteiger partial charge in [0.25, 0.3) is 5.69 Å². The molecule has 2 amide bonds. The molecule has 0 saturated carbocycles. The van der Waals surface area contributed by atoms with Gasteiger partial charge >= 0.3 is 6.03 Å². The van der Waals surface area contributed by atoms with E-state index in [0.717, 1.165) is 5.56 Å². The van der Waals surface area contributed by atoms with Crippen molar-refractivity contribution in [3.8, 4) is 0 Å². The number of rotatable bonds is 4. The summed E-state index contributed by atoms with van der Waals surface area (Å²) in [4.78, 5) is 21.9. The molecule has 108 valence electrons. The van der Waals surface area contributed by atoms with Gasteiger partial charge in [-0.3, -0.25) is 10.1 Å². The Labute approximate surface area is 120 Å². The van der Waals surface area contributed by atoms with Crippen LogP contribution in [0.5, 0.6) is 0 Å². The van der Waals surface area contributed by atoms with Crippen LogP contribution in [0.15, 0.2) is 48.5 Å². The second-order valence-corrected chi connectivity index (χ2v) is 4.24. The van der Waals surface area contributed by atoms with Crippen LogP contribution in [-0.2, 0) is 6.54 Å². The number of amides is 2. The van der Waals surface area contributed by atoms with Crippen LogP contribution in [0.25, 0.3) is 0 Å². The van der Waals surface area contributed by atoms with Crippen LogP contribution in [0.4, 0.5) is 21.9 Å².